The predicted molar refractivity (Wildman–Crippen MR) is 121 cm³/mol. The lowest BCUT2D eigenvalue weighted by molar-refractivity contribution is 0.00792. The number of methoxy groups -OCH3 is 1. The van der Waals surface area contributed by atoms with Crippen molar-refractivity contribution in [3.63, 3.8) is 0 Å². The Morgan fingerprint density at radius 1 is 1.13 bits per heavy atom. The van der Waals surface area contributed by atoms with Crippen molar-refractivity contribution < 1.29 is 14.3 Å². The highest BCUT2D eigenvalue weighted by atomic mass is 35.5. The molecule has 0 spiro atoms. The Balaban J connectivity index is 1.76. The van der Waals surface area contributed by atoms with Crippen LogP contribution in [-0.2, 0) is 4.74 Å². The highest BCUT2D eigenvalue weighted by molar-refractivity contribution is 6.32. The molecule has 7 nitrogen and oxygen atoms in total. The van der Waals surface area contributed by atoms with Crippen LogP contribution in [0.25, 0.3) is 0 Å². The maximum atomic E-state index is 12.9. The van der Waals surface area contributed by atoms with Gasteiger partial charge in [0.2, 0.25) is 0 Å². The molecule has 3 rings (SSSR count). The van der Waals surface area contributed by atoms with Crippen LogP contribution < -0.4 is 9.64 Å². The number of ether oxygens (including phenoxy) is 2. The van der Waals surface area contributed by atoms with Crippen LogP contribution in [0.5, 0.6) is 5.75 Å². The fourth-order valence-corrected chi connectivity index (χ4v) is 4.18. The first-order chi connectivity index (χ1) is 14.2. The zero-order valence-electron chi connectivity index (χ0n) is 18.9. The van der Waals surface area contributed by atoms with Crippen molar-refractivity contribution in [1.29, 1.82) is 0 Å². The number of hydrogen-bond donors (Lipinski definition) is 0. The average molecular weight is 439 g/mol. The standard InChI is InChI=1S/C22H35ClN4O3/c1-22(2,3)30-21(28)27-13-12-26(17-6-7-19(23)20(14-17)29-5)16-18(27)15-25-10-8-24(4)9-11-25/h6-7,14,18H,8-13,15-16H2,1-5H3. The van der Waals surface area contributed by atoms with Gasteiger partial charge in [0.25, 0.3) is 0 Å². The highest BCUT2D eigenvalue weighted by Gasteiger charge is 2.35. The summed E-state index contributed by atoms with van der Waals surface area (Å²) < 4.78 is 11.1. The fraction of sp³-hybridized carbons (Fsp3) is 0.682. The molecule has 0 bridgehead atoms. The van der Waals surface area contributed by atoms with Crippen molar-refractivity contribution >= 4 is 23.4 Å². The Morgan fingerprint density at radius 2 is 1.83 bits per heavy atom. The minimum absolute atomic E-state index is 0.0543. The van der Waals surface area contributed by atoms with E-state index < -0.39 is 5.60 Å². The van der Waals surface area contributed by atoms with Crippen molar-refractivity contribution in [2.45, 2.75) is 32.4 Å². The Kier molecular flexibility index (Phi) is 7.37. The second kappa shape index (κ2) is 9.62. The molecular formula is C22H35ClN4O3. The predicted octanol–water partition coefficient (Wildman–Crippen LogP) is 3.02. The molecule has 8 heteroatoms. The van der Waals surface area contributed by atoms with Crippen molar-refractivity contribution in [2.75, 3.05) is 71.4 Å². The molecule has 0 radical (unpaired) electrons. The molecule has 2 fully saturated rings. The van der Waals surface area contributed by atoms with Crippen LogP contribution in [-0.4, -0.2) is 99.0 Å². The minimum Gasteiger partial charge on any atom is -0.495 e. The number of rotatable bonds is 4. The van der Waals surface area contributed by atoms with E-state index >= 15 is 0 Å². The lowest BCUT2D eigenvalue weighted by atomic mass is 10.1. The van der Waals surface area contributed by atoms with Gasteiger partial charge in [0, 0.05) is 64.1 Å². The molecule has 0 aromatic heterocycles. The molecule has 2 saturated heterocycles. The number of nitrogens with zero attached hydrogens (tertiary/aromatic N) is 4. The van der Waals surface area contributed by atoms with Crippen LogP contribution in [0.2, 0.25) is 5.02 Å². The summed E-state index contributed by atoms with van der Waals surface area (Å²) >= 11 is 6.21. The van der Waals surface area contributed by atoms with Crippen LogP contribution in [0.15, 0.2) is 18.2 Å². The number of likely N-dealkylation sites (N-methyl/N-ethyl adjacent to an activating group) is 1. The van der Waals surface area contributed by atoms with Gasteiger partial charge in [-0.1, -0.05) is 11.6 Å². The highest BCUT2D eigenvalue weighted by Crippen LogP contribution is 2.31. The van der Waals surface area contributed by atoms with Crippen molar-refractivity contribution in [2.24, 2.45) is 0 Å². The van der Waals surface area contributed by atoms with Gasteiger partial charge in [-0.15, -0.1) is 0 Å². The van der Waals surface area contributed by atoms with Gasteiger partial charge in [-0.05, 0) is 40.0 Å². The smallest absolute Gasteiger partial charge is 0.410 e. The largest absolute Gasteiger partial charge is 0.495 e. The molecular weight excluding hydrogens is 404 g/mol. The number of halogens is 1. The summed E-state index contributed by atoms with van der Waals surface area (Å²) in [6, 6.07) is 5.91. The molecule has 0 N–H and O–H groups in total. The van der Waals surface area contributed by atoms with Crippen LogP contribution in [0.3, 0.4) is 0 Å². The third-order valence-corrected chi connectivity index (χ3v) is 5.99. The van der Waals surface area contributed by atoms with Crippen LogP contribution in [0.4, 0.5) is 10.5 Å². The topological polar surface area (TPSA) is 48.5 Å². The molecule has 1 unspecified atom stereocenters. The van der Waals surface area contributed by atoms with Crippen molar-refractivity contribution in [3.05, 3.63) is 23.2 Å². The van der Waals surface area contributed by atoms with Gasteiger partial charge in [-0.2, -0.15) is 0 Å². The summed E-state index contributed by atoms with van der Waals surface area (Å²) in [5.74, 6) is 0.666. The van der Waals surface area contributed by atoms with E-state index in [-0.39, 0.29) is 12.1 Å². The summed E-state index contributed by atoms with van der Waals surface area (Å²) in [5.41, 5.74) is 0.555. The Morgan fingerprint density at radius 3 is 2.47 bits per heavy atom. The molecule has 1 aromatic rings. The fourth-order valence-electron chi connectivity index (χ4n) is 3.98. The Hall–Kier alpha value is -1.70. The van der Waals surface area contributed by atoms with E-state index in [4.69, 9.17) is 21.1 Å². The molecule has 1 atom stereocenters. The van der Waals surface area contributed by atoms with E-state index in [9.17, 15) is 4.79 Å². The van der Waals surface area contributed by atoms with E-state index in [1.54, 1.807) is 7.11 Å². The first kappa shape index (κ1) is 23.0. The lowest BCUT2D eigenvalue weighted by Crippen LogP contribution is -2.60. The van der Waals surface area contributed by atoms with E-state index in [1.807, 2.05) is 43.9 Å². The molecule has 1 amide bonds. The number of hydrogen-bond acceptors (Lipinski definition) is 6. The zero-order valence-corrected chi connectivity index (χ0v) is 19.6. The maximum absolute atomic E-state index is 12.9. The number of amides is 1. The van der Waals surface area contributed by atoms with Crippen molar-refractivity contribution in [1.82, 2.24) is 14.7 Å². The lowest BCUT2D eigenvalue weighted by Gasteiger charge is -2.45. The quantitative estimate of drug-likeness (QED) is 0.720. The number of piperazine rings is 2. The van der Waals surface area contributed by atoms with Gasteiger partial charge in [0.05, 0.1) is 18.2 Å². The average Bonchev–Trinajstić information content (AvgIpc) is 2.68. The second-order valence-electron chi connectivity index (χ2n) is 9.20. The second-order valence-corrected chi connectivity index (χ2v) is 9.60. The molecule has 0 aliphatic carbocycles. The van der Waals surface area contributed by atoms with Gasteiger partial charge in [0.1, 0.15) is 11.4 Å². The summed E-state index contributed by atoms with van der Waals surface area (Å²) in [7, 11) is 3.78. The summed E-state index contributed by atoms with van der Waals surface area (Å²) in [4.78, 5) is 21.9. The molecule has 2 aliphatic heterocycles. The first-order valence-corrected chi connectivity index (χ1v) is 11.0. The maximum Gasteiger partial charge on any atom is 0.410 e. The SMILES string of the molecule is COc1cc(N2CCN(C(=O)OC(C)(C)C)C(CN3CCN(C)CC3)C2)ccc1Cl. The number of carbonyl (C=O) groups is 1. The molecule has 2 heterocycles. The molecule has 1 aromatic carbocycles. The number of benzene rings is 1. The first-order valence-electron chi connectivity index (χ1n) is 10.7. The van der Waals surface area contributed by atoms with Crippen LogP contribution >= 0.6 is 11.6 Å². The number of anilines is 1. The zero-order chi connectivity index (χ0) is 21.9. The van der Waals surface area contributed by atoms with E-state index in [0.29, 0.717) is 17.3 Å². The molecule has 0 saturated carbocycles. The van der Waals surface area contributed by atoms with Crippen LogP contribution in [0, 0.1) is 0 Å². The normalized spacial score (nSPS) is 21.6. The van der Waals surface area contributed by atoms with Gasteiger partial charge < -0.3 is 24.2 Å². The number of carbonyl (C=O) groups excluding carboxylic acids is 1. The van der Waals surface area contributed by atoms with E-state index in [0.717, 1.165) is 51.5 Å². The van der Waals surface area contributed by atoms with E-state index in [2.05, 4.69) is 21.7 Å². The summed E-state index contributed by atoms with van der Waals surface area (Å²) in [6.45, 7) is 12.8. The third kappa shape index (κ3) is 5.93. The molecule has 30 heavy (non-hydrogen) atoms. The van der Waals surface area contributed by atoms with Gasteiger partial charge in [-0.25, -0.2) is 4.79 Å². The molecule has 2 aliphatic rings. The van der Waals surface area contributed by atoms with E-state index in [1.165, 1.54) is 0 Å². The Bertz CT molecular complexity index is 732. The Labute approximate surface area is 185 Å². The summed E-state index contributed by atoms with van der Waals surface area (Å²) in [5, 5.41) is 0.600. The minimum atomic E-state index is -0.504. The van der Waals surface area contributed by atoms with Gasteiger partial charge >= 0.3 is 6.09 Å². The third-order valence-electron chi connectivity index (χ3n) is 5.68. The summed E-state index contributed by atoms with van der Waals surface area (Å²) in [6.07, 6.45) is -0.227. The molecule has 168 valence electrons. The van der Waals surface area contributed by atoms with Crippen molar-refractivity contribution in [3.8, 4) is 5.75 Å². The van der Waals surface area contributed by atoms with Gasteiger partial charge in [0.15, 0.2) is 0 Å². The van der Waals surface area contributed by atoms with Crippen LogP contribution in [0.1, 0.15) is 20.8 Å². The van der Waals surface area contributed by atoms with Gasteiger partial charge in [-0.3, -0.25) is 4.90 Å². The monoisotopic (exact) mass is 438 g/mol.